The van der Waals surface area contributed by atoms with Gasteiger partial charge < -0.3 is 14.5 Å². The van der Waals surface area contributed by atoms with Crippen LogP contribution in [0.5, 0.6) is 0 Å². The third kappa shape index (κ3) is 3.43. The summed E-state index contributed by atoms with van der Waals surface area (Å²) >= 11 is 0. The average Bonchev–Trinajstić information content (AvgIpc) is 3.33. The minimum atomic E-state index is -0.448. The van der Waals surface area contributed by atoms with E-state index in [1.807, 2.05) is 31.5 Å². The van der Waals surface area contributed by atoms with Crippen molar-refractivity contribution in [2.45, 2.75) is 45.1 Å². The first-order chi connectivity index (χ1) is 11.9. The van der Waals surface area contributed by atoms with Gasteiger partial charge in [-0.25, -0.2) is 9.31 Å². The molecule has 0 radical (unpaired) electrons. The molecule has 1 saturated carbocycles. The Morgan fingerprint density at radius 1 is 1.16 bits per heavy atom. The van der Waals surface area contributed by atoms with Gasteiger partial charge in [0.05, 0.1) is 17.4 Å². The van der Waals surface area contributed by atoms with Crippen molar-refractivity contribution in [2.24, 2.45) is 0 Å². The predicted molar refractivity (Wildman–Crippen MR) is 97.2 cm³/mol. The summed E-state index contributed by atoms with van der Waals surface area (Å²) in [5, 5.41) is 4.54. The third-order valence-electron chi connectivity index (χ3n) is 4.84. The smallest absolute Gasteiger partial charge is 0.410 e. The summed E-state index contributed by atoms with van der Waals surface area (Å²) in [7, 11) is 0. The standard InChI is InChI=1S/C19H26N4O2/c1-19(2,3)25-18(24)22-10-8-21(9-11-22)17-12-20-23-13-15(14-4-5-14)6-7-16(17)23/h6-7,12-14H,4-5,8-11H2,1-3H3. The second-order valence-corrected chi connectivity index (χ2v) is 8.05. The molecule has 1 amide bonds. The van der Waals surface area contributed by atoms with E-state index < -0.39 is 5.60 Å². The molecule has 134 valence electrons. The molecule has 3 heterocycles. The molecule has 25 heavy (non-hydrogen) atoms. The van der Waals surface area contributed by atoms with E-state index in [1.54, 1.807) is 4.90 Å². The van der Waals surface area contributed by atoms with Crippen LogP contribution in [0, 0.1) is 0 Å². The highest BCUT2D eigenvalue weighted by molar-refractivity contribution is 5.74. The zero-order chi connectivity index (χ0) is 17.6. The van der Waals surface area contributed by atoms with E-state index in [4.69, 9.17) is 4.74 Å². The summed E-state index contributed by atoms with van der Waals surface area (Å²) < 4.78 is 7.46. The Kier molecular flexibility index (Phi) is 3.85. The first kappa shape index (κ1) is 16.2. The maximum Gasteiger partial charge on any atom is 0.410 e. The Balaban J connectivity index is 1.44. The van der Waals surface area contributed by atoms with Gasteiger partial charge in [-0.15, -0.1) is 0 Å². The van der Waals surface area contributed by atoms with Gasteiger partial charge in [0, 0.05) is 32.4 Å². The molecule has 2 aromatic rings. The third-order valence-corrected chi connectivity index (χ3v) is 4.84. The average molecular weight is 342 g/mol. The molecule has 2 aliphatic rings. The van der Waals surface area contributed by atoms with Crippen LogP contribution in [-0.2, 0) is 4.74 Å². The van der Waals surface area contributed by atoms with Crippen LogP contribution < -0.4 is 4.90 Å². The van der Waals surface area contributed by atoms with E-state index >= 15 is 0 Å². The van der Waals surface area contributed by atoms with Gasteiger partial charge in [0.15, 0.2) is 0 Å². The number of amides is 1. The van der Waals surface area contributed by atoms with Crippen LogP contribution in [0.4, 0.5) is 10.5 Å². The first-order valence-electron chi connectivity index (χ1n) is 9.11. The van der Waals surface area contributed by atoms with Gasteiger partial charge >= 0.3 is 6.09 Å². The normalized spacial score (nSPS) is 18.7. The Labute approximate surface area is 148 Å². The SMILES string of the molecule is CC(C)(C)OC(=O)N1CCN(c2cnn3cc(C4CC4)ccc23)CC1. The van der Waals surface area contributed by atoms with E-state index in [1.165, 1.54) is 18.4 Å². The number of anilines is 1. The molecule has 0 spiro atoms. The molecule has 0 bridgehead atoms. The molecule has 1 aliphatic carbocycles. The topological polar surface area (TPSA) is 50.1 Å². The molecule has 0 atom stereocenters. The van der Waals surface area contributed by atoms with Crippen LogP contribution in [0.25, 0.3) is 5.52 Å². The molecule has 0 aromatic carbocycles. The minimum absolute atomic E-state index is 0.221. The number of pyridine rings is 1. The van der Waals surface area contributed by atoms with Gasteiger partial charge in [0.25, 0.3) is 0 Å². The number of nitrogens with zero attached hydrogens (tertiary/aromatic N) is 4. The van der Waals surface area contributed by atoms with Crippen molar-refractivity contribution >= 4 is 17.3 Å². The number of fused-ring (bicyclic) bond motifs is 1. The van der Waals surface area contributed by atoms with Crippen molar-refractivity contribution in [1.29, 1.82) is 0 Å². The van der Waals surface area contributed by atoms with Gasteiger partial charge in [-0.2, -0.15) is 5.10 Å². The second-order valence-electron chi connectivity index (χ2n) is 8.05. The fourth-order valence-corrected chi connectivity index (χ4v) is 3.34. The van der Waals surface area contributed by atoms with Crippen molar-refractivity contribution in [3.05, 3.63) is 30.1 Å². The van der Waals surface area contributed by atoms with E-state index in [-0.39, 0.29) is 6.09 Å². The highest BCUT2D eigenvalue weighted by Gasteiger charge is 2.27. The molecule has 2 fully saturated rings. The number of piperazine rings is 1. The number of aromatic nitrogens is 2. The molecule has 0 N–H and O–H groups in total. The summed E-state index contributed by atoms with van der Waals surface area (Å²) in [5.41, 5.74) is 3.22. The molecule has 2 aromatic heterocycles. The Hall–Kier alpha value is -2.24. The molecule has 1 aliphatic heterocycles. The lowest BCUT2D eigenvalue weighted by Gasteiger charge is -2.36. The van der Waals surface area contributed by atoms with Crippen LogP contribution in [0.1, 0.15) is 45.1 Å². The van der Waals surface area contributed by atoms with Crippen molar-refractivity contribution in [3.8, 4) is 0 Å². The van der Waals surface area contributed by atoms with Crippen LogP contribution in [0.2, 0.25) is 0 Å². The van der Waals surface area contributed by atoms with Gasteiger partial charge in [0.2, 0.25) is 0 Å². The van der Waals surface area contributed by atoms with Crippen LogP contribution in [0.3, 0.4) is 0 Å². The van der Waals surface area contributed by atoms with Gasteiger partial charge in [-0.3, -0.25) is 0 Å². The number of ether oxygens (including phenoxy) is 1. The van der Waals surface area contributed by atoms with Crippen molar-refractivity contribution in [3.63, 3.8) is 0 Å². The number of hydrogen-bond donors (Lipinski definition) is 0. The monoisotopic (exact) mass is 342 g/mol. The maximum absolute atomic E-state index is 12.2. The van der Waals surface area contributed by atoms with Gasteiger partial charge in [-0.05, 0) is 51.2 Å². The molecule has 4 rings (SSSR count). The lowest BCUT2D eigenvalue weighted by Crippen LogP contribution is -2.50. The highest BCUT2D eigenvalue weighted by atomic mass is 16.6. The first-order valence-corrected chi connectivity index (χ1v) is 9.11. The predicted octanol–water partition coefficient (Wildman–Crippen LogP) is 3.27. The molecule has 6 nitrogen and oxygen atoms in total. The summed E-state index contributed by atoms with van der Waals surface area (Å²) in [6.45, 7) is 8.64. The minimum Gasteiger partial charge on any atom is -0.444 e. The molecule has 0 unspecified atom stereocenters. The Morgan fingerprint density at radius 2 is 1.88 bits per heavy atom. The van der Waals surface area contributed by atoms with Crippen LogP contribution in [0.15, 0.2) is 24.5 Å². The quantitative estimate of drug-likeness (QED) is 0.840. The zero-order valence-corrected chi connectivity index (χ0v) is 15.2. The molecular formula is C19H26N4O2. The summed E-state index contributed by atoms with van der Waals surface area (Å²) in [5.74, 6) is 0.731. The second kappa shape index (κ2) is 5.93. The summed E-state index contributed by atoms with van der Waals surface area (Å²) in [4.78, 5) is 16.3. The number of carbonyl (C=O) groups is 1. The molecule has 1 saturated heterocycles. The maximum atomic E-state index is 12.2. The van der Waals surface area contributed by atoms with E-state index in [2.05, 4.69) is 28.3 Å². The lowest BCUT2D eigenvalue weighted by atomic mass is 10.2. The molecule has 6 heteroatoms. The van der Waals surface area contributed by atoms with Gasteiger partial charge in [0.1, 0.15) is 5.60 Å². The fraction of sp³-hybridized carbons (Fsp3) is 0.579. The zero-order valence-electron chi connectivity index (χ0n) is 15.2. The number of hydrogen-bond acceptors (Lipinski definition) is 4. The van der Waals surface area contributed by atoms with Crippen LogP contribution in [-0.4, -0.2) is 52.4 Å². The van der Waals surface area contributed by atoms with E-state index in [9.17, 15) is 4.79 Å². The molecular weight excluding hydrogens is 316 g/mol. The van der Waals surface area contributed by atoms with Gasteiger partial charge in [-0.1, -0.05) is 6.07 Å². The van der Waals surface area contributed by atoms with Crippen molar-refractivity contribution in [2.75, 3.05) is 31.1 Å². The highest BCUT2D eigenvalue weighted by Crippen LogP contribution is 2.40. The van der Waals surface area contributed by atoms with Crippen molar-refractivity contribution < 1.29 is 9.53 Å². The number of carbonyl (C=O) groups excluding carboxylic acids is 1. The summed E-state index contributed by atoms with van der Waals surface area (Å²) in [6, 6.07) is 4.41. The van der Waals surface area contributed by atoms with E-state index in [0.29, 0.717) is 13.1 Å². The summed E-state index contributed by atoms with van der Waals surface area (Å²) in [6.07, 6.45) is 6.47. The largest absolute Gasteiger partial charge is 0.444 e. The lowest BCUT2D eigenvalue weighted by molar-refractivity contribution is 0.0241. The Bertz CT molecular complexity index is 780. The fourth-order valence-electron chi connectivity index (χ4n) is 3.34. The number of rotatable bonds is 2. The van der Waals surface area contributed by atoms with E-state index in [0.717, 1.165) is 30.2 Å². The van der Waals surface area contributed by atoms with Crippen molar-refractivity contribution in [1.82, 2.24) is 14.5 Å². The van der Waals surface area contributed by atoms with Crippen LogP contribution >= 0.6 is 0 Å². The Morgan fingerprint density at radius 3 is 2.52 bits per heavy atom.